The smallest absolute Gasteiger partial charge is 0.246 e. The molecule has 174 valence electrons. The van der Waals surface area contributed by atoms with E-state index in [0.29, 0.717) is 42.6 Å². The molecule has 0 aliphatic carbocycles. The quantitative estimate of drug-likeness (QED) is 0.182. The van der Waals surface area contributed by atoms with E-state index in [-0.39, 0.29) is 24.5 Å². The molecule has 2 heterocycles. The average Bonchev–Trinajstić information content (AvgIpc) is 2.81. The van der Waals surface area contributed by atoms with Crippen molar-refractivity contribution in [2.75, 3.05) is 37.1 Å². The largest absolute Gasteiger partial charge is 0.380 e. The van der Waals surface area contributed by atoms with Crippen LogP contribution in [0.3, 0.4) is 0 Å². The number of ether oxygens (including phenoxy) is 1. The van der Waals surface area contributed by atoms with E-state index in [9.17, 15) is 14.8 Å². The minimum Gasteiger partial charge on any atom is -0.380 e. The molecule has 0 saturated carbocycles. The molecule has 2 rings (SSSR count). The van der Waals surface area contributed by atoms with Crippen molar-refractivity contribution in [1.82, 2.24) is 25.4 Å². The highest BCUT2D eigenvalue weighted by molar-refractivity contribution is 5.80. The van der Waals surface area contributed by atoms with Crippen molar-refractivity contribution in [2.24, 2.45) is 5.92 Å². The van der Waals surface area contributed by atoms with E-state index < -0.39 is 5.92 Å². The van der Waals surface area contributed by atoms with Crippen molar-refractivity contribution in [3.8, 4) is 0 Å². The van der Waals surface area contributed by atoms with Gasteiger partial charge in [0.1, 0.15) is 5.82 Å². The minimum absolute atomic E-state index is 0.0738. The highest BCUT2D eigenvalue weighted by Gasteiger charge is 2.24. The number of hydrogen-bond acceptors (Lipinski definition) is 9. The van der Waals surface area contributed by atoms with E-state index in [1.807, 2.05) is 6.92 Å². The first-order valence-corrected chi connectivity index (χ1v) is 11.0. The fourth-order valence-corrected chi connectivity index (χ4v) is 3.51. The van der Waals surface area contributed by atoms with Gasteiger partial charge in [0.05, 0.1) is 18.6 Å². The van der Waals surface area contributed by atoms with Gasteiger partial charge in [-0.1, -0.05) is 33.1 Å². The van der Waals surface area contributed by atoms with Gasteiger partial charge in [-0.05, 0) is 19.3 Å². The lowest BCUT2D eigenvalue weighted by Gasteiger charge is -2.32. The van der Waals surface area contributed by atoms with Crippen LogP contribution in [0.25, 0.3) is 0 Å². The van der Waals surface area contributed by atoms with E-state index in [1.54, 1.807) is 7.11 Å². The Morgan fingerprint density at radius 1 is 1.35 bits per heavy atom. The zero-order valence-electron chi connectivity index (χ0n) is 18.7. The van der Waals surface area contributed by atoms with Crippen molar-refractivity contribution in [1.29, 1.82) is 0 Å². The predicted molar refractivity (Wildman–Crippen MR) is 115 cm³/mol. The standard InChI is InChI=1S/C20H35N7O4/c1-4-6-7-9-15(12-27(30)14-28)18(29)24-25-19-21-17(5-2)22-20(23-19)26-11-8-10-16(13-26)31-3/h14-16,30H,4-13H2,1-3H3,(H,24,29)(H,21,22,23,25)/t15?,16-/m1/s1. The molecule has 11 heteroatoms. The van der Waals surface area contributed by atoms with Crippen LogP contribution in [0.1, 0.15) is 58.2 Å². The molecular weight excluding hydrogens is 402 g/mol. The Morgan fingerprint density at radius 2 is 2.16 bits per heavy atom. The molecule has 0 spiro atoms. The SMILES string of the molecule is CCCCCC(CN(O)C=O)C(=O)NNc1nc(CC)nc(N2CCC[C@@H](OC)C2)n1. The van der Waals surface area contributed by atoms with Crippen molar-refractivity contribution in [2.45, 2.75) is 64.9 Å². The maximum absolute atomic E-state index is 12.7. The Morgan fingerprint density at radius 3 is 2.84 bits per heavy atom. The molecule has 11 nitrogen and oxygen atoms in total. The normalized spacial score (nSPS) is 17.2. The number of hydrazine groups is 1. The van der Waals surface area contributed by atoms with Crippen LogP contribution >= 0.6 is 0 Å². The molecule has 1 aliphatic heterocycles. The molecule has 3 N–H and O–H groups in total. The molecule has 1 fully saturated rings. The Labute approximate surface area is 183 Å². The molecule has 1 unspecified atom stereocenters. The van der Waals surface area contributed by atoms with Gasteiger partial charge in [0.15, 0.2) is 0 Å². The lowest BCUT2D eigenvalue weighted by atomic mass is 10.0. The molecule has 2 atom stereocenters. The fraction of sp³-hybridized carbons (Fsp3) is 0.750. The molecule has 1 saturated heterocycles. The summed E-state index contributed by atoms with van der Waals surface area (Å²) in [6.07, 6.45) is 6.41. The number of methoxy groups -OCH3 is 1. The third kappa shape index (κ3) is 7.91. The molecule has 0 radical (unpaired) electrons. The second-order valence-electron chi connectivity index (χ2n) is 7.71. The van der Waals surface area contributed by atoms with E-state index in [4.69, 9.17) is 4.74 Å². The Bertz CT molecular complexity index is 706. The second kappa shape index (κ2) is 13.0. The fourth-order valence-electron chi connectivity index (χ4n) is 3.51. The van der Waals surface area contributed by atoms with Crippen molar-refractivity contribution in [3.05, 3.63) is 5.82 Å². The van der Waals surface area contributed by atoms with E-state index >= 15 is 0 Å². The lowest BCUT2D eigenvalue weighted by molar-refractivity contribution is -0.154. The summed E-state index contributed by atoms with van der Waals surface area (Å²) in [4.78, 5) is 38.8. The Balaban J connectivity index is 2.05. The number of piperidine rings is 1. The molecule has 2 amide bonds. The zero-order valence-corrected chi connectivity index (χ0v) is 18.7. The number of anilines is 2. The number of nitrogens with one attached hydrogen (secondary N) is 2. The van der Waals surface area contributed by atoms with Crippen LogP contribution in [0.2, 0.25) is 0 Å². The van der Waals surface area contributed by atoms with Crippen LogP contribution in [0, 0.1) is 5.92 Å². The lowest BCUT2D eigenvalue weighted by Crippen LogP contribution is -2.42. The van der Waals surface area contributed by atoms with Crippen LogP contribution in [0.4, 0.5) is 11.9 Å². The van der Waals surface area contributed by atoms with E-state index in [1.165, 1.54) is 0 Å². The molecule has 1 aromatic heterocycles. The number of hydrogen-bond donors (Lipinski definition) is 3. The van der Waals surface area contributed by atoms with Crippen LogP contribution in [0.5, 0.6) is 0 Å². The van der Waals surface area contributed by atoms with Gasteiger partial charge in [-0.3, -0.25) is 25.6 Å². The highest BCUT2D eigenvalue weighted by Crippen LogP contribution is 2.19. The summed E-state index contributed by atoms with van der Waals surface area (Å²) < 4.78 is 5.48. The van der Waals surface area contributed by atoms with Crippen LogP contribution in [-0.4, -0.2) is 70.4 Å². The van der Waals surface area contributed by atoms with Gasteiger partial charge in [0.25, 0.3) is 0 Å². The highest BCUT2D eigenvalue weighted by atomic mass is 16.5. The second-order valence-corrected chi connectivity index (χ2v) is 7.71. The van der Waals surface area contributed by atoms with E-state index in [2.05, 4.69) is 37.6 Å². The van der Waals surface area contributed by atoms with Crippen molar-refractivity contribution in [3.63, 3.8) is 0 Å². The predicted octanol–water partition coefficient (Wildman–Crippen LogP) is 1.54. The molecule has 0 aromatic carbocycles. The minimum atomic E-state index is -0.550. The van der Waals surface area contributed by atoms with Gasteiger partial charge in [0, 0.05) is 26.6 Å². The number of aryl methyl sites for hydroxylation is 1. The van der Waals surface area contributed by atoms with Crippen molar-refractivity contribution >= 4 is 24.2 Å². The maximum Gasteiger partial charge on any atom is 0.246 e. The van der Waals surface area contributed by atoms with Gasteiger partial charge < -0.3 is 9.64 Å². The summed E-state index contributed by atoms with van der Waals surface area (Å²) in [7, 11) is 1.70. The van der Waals surface area contributed by atoms with Gasteiger partial charge in [-0.2, -0.15) is 15.0 Å². The summed E-state index contributed by atoms with van der Waals surface area (Å²) in [5.41, 5.74) is 5.40. The number of carbonyl (C=O) groups excluding carboxylic acids is 2. The number of rotatable bonds is 13. The van der Waals surface area contributed by atoms with Gasteiger partial charge in [-0.25, -0.2) is 5.06 Å². The maximum atomic E-state index is 12.7. The van der Waals surface area contributed by atoms with E-state index in [0.717, 1.165) is 38.6 Å². The van der Waals surface area contributed by atoms with Crippen LogP contribution in [-0.2, 0) is 20.7 Å². The summed E-state index contributed by atoms with van der Waals surface area (Å²) in [5, 5.41) is 10.0. The average molecular weight is 438 g/mol. The summed E-state index contributed by atoms with van der Waals surface area (Å²) in [6, 6.07) is 0. The molecule has 1 aliphatic rings. The summed E-state index contributed by atoms with van der Waals surface area (Å²) >= 11 is 0. The van der Waals surface area contributed by atoms with Crippen LogP contribution < -0.4 is 15.8 Å². The third-order valence-electron chi connectivity index (χ3n) is 5.33. The van der Waals surface area contributed by atoms with Gasteiger partial charge in [0.2, 0.25) is 24.2 Å². The van der Waals surface area contributed by atoms with Crippen LogP contribution in [0.15, 0.2) is 0 Å². The Hall–Kier alpha value is -2.53. The number of aromatic nitrogens is 3. The molecule has 31 heavy (non-hydrogen) atoms. The van der Waals surface area contributed by atoms with Gasteiger partial charge >= 0.3 is 0 Å². The molecular formula is C20H35N7O4. The molecule has 1 aromatic rings. The monoisotopic (exact) mass is 437 g/mol. The number of nitrogens with zero attached hydrogens (tertiary/aromatic N) is 5. The number of hydroxylamine groups is 2. The summed E-state index contributed by atoms with van der Waals surface area (Å²) in [5.74, 6) is 0.522. The number of amides is 2. The van der Waals surface area contributed by atoms with Crippen molar-refractivity contribution < 1.29 is 19.5 Å². The summed E-state index contributed by atoms with van der Waals surface area (Å²) in [6.45, 7) is 5.48. The third-order valence-corrected chi connectivity index (χ3v) is 5.33. The number of unbranched alkanes of at least 4 members (excludes halogenated alkanes) is 2. The first kappa shape index (κ1) is 24.7. The Kier molecular flexibility index (Phi) is 10.4. The molecule has 0 bridgehead atoms. The first-order chi connectivity index (χ1) is 15.0. The van der Waals surface area contributed by atoms with Gasteiger partial charge in [-0.15, -0.1) is 0 Å². The zero-order chi connectivity index (χ0) is 22.6. The first-order valence-electron chi connectivity index (χ1n) is 11.0. The number of carbonyl (C=O) groups is 2. The topological polar surface area (TPSA) is 133 Å².